The van der Waals surface area contributed by atoms with Crippen LogP contribution in [0.5, 0.6) is 0 Å². The average molecular weight is 394 g/mol. The van der Waals surface area contributed by atoms with Gasteiger partial charge in [0.2, 0.25) is 0 Å². The Morgan fingerprint density at radius 2 is 1.96 bits per heavy atom. The summed E-state index contributed by atoms with van der Waals surface area (Å²) < 4.78 is 5.05. The van der Waals surface area contributed by atoms with E-state index < -0.39 is 0 Å². The molecule has 1 atom stereocenters. The third kappa shape index (κ3) is 6.23. The number of ether oxygens (including phenoxy) is 1. The number of hydrogen-bond donors (Lipinski definition) is 2. The van der Waals surface area contributed by atoms with E-state index in [4.69, 9.17) is 17.0 Å². The van der Waals surface area contributed by atoms with Crippen molar-refractivity contribution in [2.75, 3.05) is 43.0 Å². The monoisotopic (exact) mass is 393 g/mol. The number of anilines is 2. The number of piperazine rings is 1. The van der Waals surface area contributed by atoms with Gasteiger partial charge >= 0.3 is 6.09 Å². The summed E-state index contributed by atoms with van der Waals surface area (Å²) in [6.45, 7) is 13.6. The Bertz CT molecular complexity index is 636. The predicted octanol–water partition coefficient (Wildman–Crippen LogP) is 3.08. The van der Waals surface area contributed by atoms with Crippen molar-refractivity contribution in [1.29, 1.82) is 0 Å². The number of nitrogens with one attached hydrogen (secondary N) is 2. The van der Waals surface area contributed by atoms with Gasteiger partial charge < -0.3 is 25.2 Å². The Hall–Kier alpha value is -2.09. The largest absolute Gasteiger partial charge is 0.450 e. The molecule has 2 rings (SSSR count). The number of aromatic nitrogens is 1. The summed E-state index contributed by atoms with van der Waals surface area (Å²) >= 11 is 5.39. The molecule has 1 fully saturated rings. The maximum Gasteiger partial charge on any atom is 0.409 e. The van der Waals surface area contributed by atoms with Gasteiger partial charge in [-0.3, -0.25) is 0 Å². The first-order chi connectivity index (χ1) is 12.7. The molecule has 150 valence electrons. The highest BCUT2D eigenvalue weighted by Gasteiger charge is 2.23. The van der Waals surface area contributed by atoms with Crippen LogP contribution in [0.3, 0.4) is 0 Å². The molecule has 0 aliphatic carbocycles. The van der Waals surface area contributed by atoms with Gasteiger partial charge in [-0.05, 0) is 43.6 Å². The van der Waals surface area contributed by atoms with Gasteiger partial charge in [0.05, 0.1) is 18.5 Å². The second kappa shape index (κ2) is 9.21. The van der Waals surface area contributed by atoms with E-state index in [1.165, 1.54) is 0 Å². The molecule has 27 heavy (non-hydrogen) atoms. The zero-order valence-electron chi connectivity index (χ0n) is 16.9. The van der Waals surface area contributed by atoms with Crippen LogP contribution in [0, 0.1) is 5.41 Å². The van der Waals surface area contributed by atoms with Crippen LogP contribution in [0.15, 0.2) is 18.3 Å². The van der Waals surface area contributed by atoms with Crippen molar-refractivity contribution in [1.82, 2.24) is 15.2 Å². The van der Waals surface area contributed by atoms with Crippen LogP contribution in [-0.4, -0.2) is 59.9 Å². The first kappa shape index (κ1) is 21.2. The molecule has 1 aromatic heterocycles. The Morgan fingerprint density at radius 1 is 1.30 bits per heavy atom. The highest BCUT2D eigenvalue weighted by atomic mass is 32.1. The Balaban J connectivity index is 1.85. The summed E-state index contributed by atoms with van der Waals surface area (Å²) in [6, 6.07) is 4.19. The fourth-order valence-electron chi connectivity index (χ4n) is 2.56. The Kier molecular flexibility index (Phi) is 7.24. The fraction of sp³-hybridized carbons (Fsp3) is 0.632. The van der Waals surface area contributed by atoms with Crippen LogP contribution >= 0.6 is 12.2 Å². The molecule has 1 aliphatic rings. The maximum atomic E-state index is 11.8. The smallest absolute Gasteiger partial charge is 0.409 e. The molecule has 1 aliphatic heterocycles. The third-order valence-electron chi connectivity index (χ3n) is 4.78. The van der Waals surface area contributed by atoms with Gasteiger partial charge in [0.15, 0.2) is 5.11 Å². The fourth-order valence-corrected chi connectivity index (χ4v) is 2.85. The summed E-state index contributed by atoms with van der Waals surface area (Å²) in [5.74, 6) is 0.894. The highest BCUT2D eigenvalue weighted by Crippen LogP contribution is 2.19. The molecule has 7 nitrogen and oxygen atoms in total. The second-order valence-electron chi connectivity index (χ2n) is 7.76. The molecule has 1 amide bonds. The van der Waals surface area contributed by atoms with Crippen molar-refractivity contribution in [3.8, 4) is 0 Å². The summed E-state index contributed by atoms with van der Waals surface area (Å²) in [7, 11) is 0. The van der Waals surface area contributed by atoms with Gasteiger partial charge in [-0.2, -0.15) is 0 Å². The number of carbonyl (C=O) groups is 1. The molecule has 2 N–H and O–H groups in total. The Labute approximate surface area is 167 Å². The zero-order valence-corrected chi connectivity index (χ0v) is 17.7. The van der Waals surface area contributed by atoms with Gasteiger partial charge in [-0.15, -0.1) is 0 Å². The lowest BCUT2D eigenvalue weighted by atomic mass is 9.88. The lowest BCUT2D eigenvalue weighted by Crippen LogP contribution is -2.49. The summed E-state index contributed by atoms with van der Waals surface area (Å²) in [5.41, 5.74) is 0.974. The summed E-state index contributed by atoms with van der Waals surface area (Å²) in [6.07, 6.45) is 1.54. The van der Waals surface area contributed by atoms with Crippen molar-refractivity contribution < 1.29 is 9.53 Å². The molecule has 0 bridgehead atoms. The number of carbonyl (C=O) groups excluding carboxylic acids is 1. The van der Waals surface area contributed by atoms with E-state index in [0.29, 0.717) is 24.8 Å². The lowest BCUT2D eigenvalue weighted by molar-refractivity contribution is 0.105. The van der Waals surface area contributed by atoms with Crippen molar-refractivity contribution in [2.24, 2.45) is 5.41 Å². The van der Waals surface area contributed by atoms with E-state index in [2.05, 4.69) is 48.2 Å². The quantitative estimate of drug-likeness (QED) is 0.762. The van der Waals surface area contributed by atoms with Gasteiger partial charge in [0.25, 0.3) is 0 Å². The van der Waals surface area contributed by atoms with E-state index in [9.17, 15) is 4.79 Å². The third-order valence-corrected chi connectivity index (χ3v) is 5.00. The molecule has 0 radical (unpaired) electrons. The first-order valence-electron chi connectivity index (χ1n) is 9.41. The van der Waals surface area contributed by atoms with E-state index in [-0.39, 0.29) is 17.6 Å². The van der Waals surface area contributed by atoms with Gasteiger partial charge in [0, 0.05) is 32.2 Å². The molecule has 0 aromatic carbocycles. The van der Waals surface area contributed by atoms with Crippen LogP contribution < -0.4 is 15.5 Å². The van der Waals surface area contributed by atoms with Crippen LogP contribution in [0.25, 0.3) is 0 Å². The number of hydrogen-bond acceptors (Lipinski definition) is 5. The molecule has 0 saturated carbocycles. The van der Waals surface area contributed by atoms with E-state index in [1.54, 1.807) is 11.1 Å². The van der Waals surface area contributed by atoms with Crippen molar-refractivity contribution in [3.63, 3.8) is 0 Å². The minimum absolute atomic E-state index is 0.125. The van der Waals surface area contributed by atoms with Crippen LogP contribution in [0.1, 0.15) is 34.6 Å². The number of rotatable bonds is 4. The summed E-state index contributed by atoms with van der Waals surface area (Å²) in [4.78, 5) is 20.2. The first-order valence-corrected chi connectivity index (χ1v) is 9.81. The molecule has 2 heterocycles. The highest BCUT2D eigenvalue weighted by molar-refractivity contribution is 7.80. The second-order valence-corrected chi connectivity index (χ2v) is 8.17. The molecule has 8 heteroatoms. The molecule has 1 saturated heterocycles. The number of amides is 1. The normalized spacial score (nSPS) is 15.9. The van der Waals surface area contributed by atoms with Crippen LogP contribution in [0.4, 0.5) is 16.3 Å². The van der Waals surface area contributed by atoms with Gasteiger partial charge in [-0.25, -0.2) is 9.78 Å². The zero-order chi connectivity index (χ0) is 20.0. The van der Waals surface area contributed by atoms with E-state index in [0.717, 1.165) is 24.6 Å². The molecule has 1 aromatic rings. The van der Waals surface area contributed by atoms with E-state index in [1.807, 2.05) is 19.1 Å². The number of nitrogens with zero attached hydrogens (tertiary/aromatic N) is 3. The lowest BCUT2D eigenvalue weighted by Gasteiger charge is -2.34. The van der Waals surface area contributed by atoms with Gasteiger partial charge in [0.1, 0.15) is 5.82 Å². The molecular formula is C19H31N5O2S. The van der Waals surface area contributed by atoms with Crippen molar-refractivity contribution in [3.05, 3.63) is 18.3 Å². The molecule has 0 spiro atoms. The number of thiocarbonyl (C=S) groups is 1. The van der Waals surface area contributed by atoms with Crippen molar-refractivity contribution >= 4 is 34.9 Å². The topological polar surface area (TPSA) is 69.7 Å². The van der Waals surface area contributed by atoms with Crippen LogP contribution in [-0.2, 0) is 4.74 Å². The number of pyridine rings is 1. The van der Waals surface area contributed by atoms with Gasteiger partial charge in [-0.1, -0.05) is 20.8 Å². The standard InChI is InChI=1S/C19H31N5O2S/c1-6-26-18(25)24-11-9-23(10-12-24)16-8-7-15(13-20-16)22-17(27)21-14(2)19(3,4)5/h7-8,13-14H,6,9-12H2,1-5H3,(H2,21,22,27). The average Bonchev–Trinajstić information content (AvgIpc) is 2.62. The minimum Gasteiger partial charge on any atom is -0.450 e. The predicted molar refractivity (Wildman–Crippen MR) is 113 cm³/mol. The van der Waals surface area contributed by atoms with Crippen LogP contribution in [0.2, 0.25) is 0 Å². The summed E-state index contributed by atoms with van der Waals surface area (Å²) in [5, 5.41) is 7.08. The molecular weight excluding hydrogens is 362 g/mol. The van der Waals surface area contributed by atoms with E-state index >= 15 is 0 Å². The van der Waals surface area contributed by atoms with Crippen molar-refractivity contribution in [2.45, 2.75) is 40.7 Å². The SMILES string of the molecule is CCOC(=O)N1CCN(c2ccc(NC(=S)NC(C)C(C)(C)C)cn2)CC1. The molecule has 1 unspecified atom stereocenters. The Morgan fingerprint density at radius 3 is 2.48 bits per heavy atom. The maximum absolute atomic E-state index is 11.8. The minimum atomic E-state index is -0.241.